The van der Waals surface area contributed by atoms with Crippen molar-refractivity contribution < 1.29 is 14.3 Å². The number of amides is 1. The van der Waals surface area contributed by atoms with E-state index in [0.29, 0.717) is 12.2 Å². The molecule has 1 aliphatic carbocycles. The zero-order valence-corrected chi connectivity index (χ0v) is 30.8. The fourth-order valence-corrected chi connectivity index (χ4v) is 4.07. The highest BCUT2D eigenvalue weighted by Crippen LogP contribution is 2.31. The molecule has 1 aromatic carbocycles. The van der Waals surface area contributed by atoms with Crippen LogP contribution in [0.4, 0.5) is 0 Å². The Bertz CT molecular complexity index is 1050. The molecule has 0 spiro atoms. The summed E-state index contributed by atoms with van der Waals surface area (Å²) in [6.07, 6.45) is 13.9. The summed E-state index contributed by atoms with van der Waals surface area (Å²) in [6.45, 7) is 29.6. The van der Waals surface area contributed by atoms with Gasteiger partial charge in [0.1, 0.15) is 5.76 Å². The Morgan fingerprint density at radius 2 is 1.59 bits per heavy atom. The van der Waals surface area contributed by atoms with Gasteiger partial charge in [-0.25, -0.2) is 0 Å². The topological polar surface area (TPSA) is 55.4 Å². The van der Waals surface area contributed by atoms with Crippen molar-refractivity contribution in [2.75, 3.05) is 0 Å². The Balaban J connectivity index is 0. The Morgan fingerprint density at radius 1 is 1.02 bits per heavy atom. The standard InChI is InChI=1S/C18H30O2.C9H9Cl.C7H15NO.C5H10/c1-7-11-17(12-8-2)20-16(10-4)13-18(15(6)19)14(5)9-3;1-7(2)8-4-3-5-9(10)6-8;1-5-6(9)8-7(2,3)4;1-2-5-3-4-5/h10,13,17H,4,7-9,11-12H2,1-3,5-6H3;3-6H,1H2,2H3;5H2,1-4H3,(H,8,9);5H,2-4H2,1H3/b16-13+,18-14-;;;. The molecule has 0 aromatic heterocycles. The molecular weight excluding hydrogens is 566 g/mol. The number of benzene rings is 1. The summed E-state index contributed by atoms with van der Waals surface area (Å²) in [6, 6.07) is 7.68. The summed E-state index contributed by atoms with van der Waals surface area (Å²) in [5.41, 5.74) is 3.90. The first-order chi connectivity index (χ1) is 20.6. The van der Waals surface area contributed by atoms with Crippen LogP contribution in [0.25, 0.3) is 5.57 Å². The summed E-state index contributed by atoms with van der Waals surface area (Å²) in [7, 11) is 0. The van der Waals surface area contributed by atoms with E-state index in [4.69, 9.17) is 16.3 Å². The van der Waals surface area contributed by atoms with Gasteiger partial charge in [-0.05, 0) is 96.6 Å². The minimum absolute atomic E-state index is 0.0763. The van der Waals surface area contributed by atoms with Crippen LogP contribution in [0.2, 0.25) is 5.02 Å². The number of Topliss-reactive ketones (excluding diaryl/α,β-unsaturated/α-hetero) is 1. The first-order valence-electron chi connectivity index (χ1n) is 16.5. The van der Waals surface area contributed by atoms with E-state index < -0.39 is 0 Å². The Hall–Kier alpha value is -2.59. The number of ether oxygens (including phenoxy) is 1. The second kappa shape index (κ2) is 24.7. The van der Waals surface area contributed by atoms with Crippen LogP contribution in [0.1, 0.15) is 140 Å². The molecule has 0 heterocycles. The SMILES string of the molecule is C=C(C)c1cccc(Cl)c1.C=C/C(=C\C(C(C)=O)=C(/C)CC)OC(CCC)CCC.CCC(=O)NC(C)(C)C.CCC1CC1. The summed E-state index contributed by atoms with van der Waals surface area (Å²) in [5.74, 6) is 2.03. The van der Waals surface area contributed by atoms with E-state index in [9.17, 15) is 9.59 Å². The van der Waals surface area contributed by atoms with E-state index in [0.717, 1.165) is 65.3 Å². The van der Waals surface area contributed by atoms with Gasteiger partial charge in [-0.1, -0.05) is 115 Å². The molecular formula is C39H64ClNO3. The second-order valence-corrected chi connectivity index (χ2v) is 12.9. The monoisotopic (exact) mass is 629 g/mol. The third-order valence-electron chi connectivity index (χ3n) is 6.81. The van der Waals surface area contributed by atoms with Crippen molar-refractivity contribution in [3.8, 4) is 0 Å². The van der Waals surface area contributed by atoms with E-state index >= 15 is 0 Å². The third-order valence-corrected chi connectivity index (χ3v) is 7.04. The molecule has 5 heteroatoms. The van der Waals surface area contributed by atoms with Gasteiger partial charge in [0.2, 0.25) is 5.91 Å². The highest BCUT2D eigenvalue weighted by Gasteiger charge is 2.17. The molecule has 2 rings (SSSR count). The molecule has 0 atom stereocenters. The number of halogens is 1. The van der Waals surface area contributed by atoms with Crippen molar-refractivity contribution in [1.82, 2.24) is 5.32 Å². The van der Waals surface area contributed by atoms with Crippen LogP contribution in [0.3, 0.4) is 0 Å². The molecule has 0 aliphatic heterocycles. The normalized spacial score (nSPS) is 13.1. The van der Waals surface area contributed by atoms with E-state index in [-0.39, 0.29) is 23.3 Å². The maximum absolute atomic E-state index is 11.7. The third kappa shape index (κ3) is 23.8. The van der Waals surface area contributed by atoms with Crippen molar-refractivity contribution >= 4 is 28.9 Å². The highest BCUT2D eigenvalue weighted by molar-refractivity contribution is 6.30. The zero-order chi connectivity index (χ0) is 34.3. The van der Waals surface area contributed by atoms with Gasteiger partial charge in [0, 0.05) is 22.6 Å². The molecule has 1 N–H and O–H groups in total. The largest absolute Gasteiger partial charge is 0.490 e. The average molecular weight is 630 g/mol. The molecule has 4 nitrogen and oxygen atoms in total. The quantitative estimate of drug-likeness (QED) is 0.134. The van der Waals surface area contributed by atoms with Gasteiger partial charge in [0.25, 0.3) is 0 Å². The molecule has 0 unspecified atom stereocenters. The fraction of sp³-hybridized carbons (Fsp3) is 0.590. The minimum Gasteiger partial charge on any atom is -0.490 e. The molecule has 0 radical (unpaired) electrons. The van der Waals surface area contributed by atoms with Crippen LogP contribution < -0.4 is 5.32 Å². The van der Waals surface area contributed by atoms with Gasteiger partial charge in [-0.15, -0.1) is 0 Å². The lowest BCUT2D eigenvalue weighted by Gasteiger charge is -2.19. The van der Waals surface area contributed by atoms with Gasteiger partial charge >= 0.3 is 0 Å². The predicted molar refractivity (Wildman–Crippen MR) is 194 cm³/mol. The van der Waals surface area contributed by atoms with Crippen molar-refractivity contribution in [3.63, 3.8) is 0 Å². The Morgan fingerprint density at radius 3 is 1.86 bits per heavy atom. The first-order valence-corrected chi connectivity index (χ1v) is 16.9. The maximum atomic E-state index is 11.7. The van der Waals surface area contributed by atoms with Gasteiger partial charge in [-0.2, -0.15) is 0 Å². The number of carbonyl (C=O) groups excluding carboxylic acids is 2. The number of carbonyl (C=O) groups is 2. The molecule has 1 aliphatic rings. The fourth-order valence-electron chi connectivity index (χ4n) is 3.88. The van der Waals surface area contributed by atoms with Crippen LogP contribution in [0, 0.1) is 5.92 Å². The van der Waals surface area contributed by atoms with Gasteiger partial charge in [0.05, 0.1) is 6.10 Å². The van der Waals surface area contributed by atoms with Crippen LogP contribution in [-0.4, -0.2) is 23.3 Å². The number of nitrogens with one attached hydrogen (secondary N) is 1. The Kier molecular flexibility index (Phi) is 24.4. The summed E-state index contributed by atoms with van der Waals surface area (Å²) >= 11 is 5.75. The maximum Gasteiger partial charge on any atom is 0.220 e. The van der Waals surface area contributed by atoms with Gasteiger partial charge in [0.15, 0.2) is 5.78 Å². The smallest absolute Gasteiger partial charge is 0.220 e. The van der Waals surface area contributed by atoms with Crippen LogP contribution in [-0.2, 0) is 14.3 Å². The predicted octanol–water partition coefficient (Wildman–Crippen LogP) is 11.8. The summed E-state index contributed by atoms with van der Waals surface area (Å²) in [5, 5.41) is 3.59. The average Bonchev–Trinajstić information content (AvgIpc) is 3.80. The van der Waals surface area contributed by atoms with E-state index in [1.165, 1.54) is 19.3 Å². The van der Waals surface area contributed by atoms with Crippen LogP contribution >= 0.6 is 11.6 Å². The number of ketones is 1. The molecule has 44 heavy (non-hydrogen) atoms. The molecule has 1 fully saturated rings. The lowest BCUT2D eigenvalue weighted by molar-refractivity contribution is -0.122. The van der Waals surface area contributed by atoms with E-state index in [1.807, 2.05) is 71.9 Å². The number of hydrogen-bond acceptors (Lipinski definition) is 3. The van der Waals surface area contributed by atoms with Crippen molar-refractivity contribution in [3.05, 3.63) is 77.1 Å². The van der Waals surface area contributed by atoms with Crippen molar-refractivity contribution in [2.45, 2.75) is 146 Å². The summed E-state index contributed by atoms with van der Waals surface area (Å²) < 4.78 is 6.01. The second-order valence-electron chi connectivity index (χ2n) is 12.5. The van der Waals surface area contributed by atoms with Crippen molar-refractivity contribution in [2.24, 2.45) is 5.92 Å². The minimum atomic E-state index is -0.0763. The van der Waals surface area contributed by atoms with Crippen LogP contribution in [0.5, 0.6) is 0 Å². The highest BCUT2D eigenvalue weighted by atomic mass is 35.5. The molecule has 0 saturated heterocycles. The van der Waals surface area contributed by atoms with Gasteiger partial charge < -0.3 is 10.1 Å². The molecule has 1 saturated carbocycles. The molecule has 1 aromatic rings. The molecule has 250 valence electrons. The zero-order valence-electron chi connectivity index (χ0n) is 30.0. The lowest BCUT2D eigenvalue weighted by Crippen LogP contribution is -2.40. The Labute approximate surface area is 276 Å². The van der Waals surface area contributed by atoms with Crippen LogP contribution in [0.15, 0.2) is 66.5 Å². The van der Waals surface area contributed by atoms with E-state index in [1.54, 1.807) is 13.0 Å². The molecule has 1 amide bonds. The number of rotatable bonds is 13. The summed E-state index contributed by atoms with van der Waals surface area (Å²) in [4.78, 5) is 22.5. The number of hydrogen-bond donors (Lipinski definition) is 1. The number of allylic oxidation sites excluding steroid dienone is 5. The van der Waals surface area contributed by atoms with Crippen molar-refractivity contribution in [1.29, 1.82) is 0 Å². The van der Waals surface area contributed by atoms with E-state index in [2.05, 4.69) is 46.2 Å². The lowest BCUT2D eigenvalue weighted by atomic mass is 10.0. The first kappa shape index (κ1) is 43.5. The molecule has 0 bridgehead atoms. The van der Waals surface area contributed by atoms with Gasteiger partial charge in [-0.3, -0.25) is 9.59 Å².